The number of likely N-dealkylation sites (tertiary alicyclic amines) is 1. The first kappa shape index (κ1) is 17.5. The third-order valence-electron chi connectivity index (χ3n) is 4.15. The number of hydrogen-bond acceptors (Lipinski definition) is 4. The van der Waals surface area contributed by atoms with E-state index in [1.54, 1.807) is 23.0 Å². The van der Waals surface area contributed by atoms with Crippen LogP contribution in [0.2, 0.25) is 0 Å². The molecule has 0 spiro atoms. The predicted molar refractivity (Wildman–Crippen MR) is 85.6 cm³/mol. The number of aromatic nitrogens is 2. The number of H-pyrrole nitrogens is 1. The molecule has 1 N–H and O–H groups in total. The van der Waals surface area contributed by atoms with Crippen molar-refractivity contribution in [3.63, 3.8) is 0 Å². The minimum absolute atomic E-state index is 0.0113. The average molecular weight is 322 g/mol. The second-order valence-electron chi connectivity index (χ2n) is 6.00. The zero-order valence-corrected chi connectivity index (χ0v) is 14.2. The number of aromatic amines is 1. The van der Waals surface area contributed by atoms with Crippen LogP contribution in [0.3, 0.4) is 0 Å². The highest BCUT2D eigenvalue weighted by molar-refractivity contribution is 5.80. The van der Waals surface area contributed by atoms with Gasteiger partial charge in [-0.15, -0.1) is 0 Å². The molecule has 0 saturated carbocycles. The van der Waals surface area contributed by atoms with Gasteiger partial charge in [0.05, 0.1) is 6.54 Å². The van der Waals surface area contributed by atoms with E-state index in [1.807, 2.05) is 13.8 Å². The van der Waals surface area contributed by atoms with Crippen molar-refractivity contribution in [3.8, 4) is 0 Å². The van der Waals surface area contributed by atoms with Gasteiger partial charge in [0, 0.05) is 44.6 Å². The molecule has 1 saturated heterocycles. The zero-order chi connectivity index (χ0) is 16.8. The number of nitrogens with one attached hydrogen (secondary N) is 1. The summed E-state index contributed by atoms with van der Waals surface area (Å²) in [6.45, 7) is 6.20. The van der Waals surface area contributed by atoms with Crippen molar-refractivity contribution >= 4 is 11.8 Å². The molecule has 0 aromatic carbocycles. The van der Waals surface area contributed by atoms with Gasteiger partial charge in [0.25, 0.3) is 0 Å². The number of nitrogens with zero attached hydrogens (tertiary/aromatic N) is 3. The fraction of sp³-hybridized carbons (Fsp3) is 0.688. The maximum Gasteiger partial charge on any atom is 0.248 e. The van der Waals surface area contributed by atoms with Crippen LogP contribution < -0.4 is 0 Å². The molecule has 0 radical (unpaired) electrons. The number of amides is 2. The summed E-state index contributed by atoms with van der Waals surface area (Å²) in [5.41, 5.74) is 0.988. The van der Waals surface area contributed by atoms with Crippen molar-refractivity contribution in [1.82, 2.24) is 19.8 Å². The molecule has 1 aliphatic heterocycles. The molecule has 0 bridgehead atoms. The molecule has 1 aliphatic rings. The highest BCUT2D eigenvalue weighted by atomic mass is 16.5. The Labute approximate surface area is 137 Å². The van der Waals surface area contributed by atoms with Gasteiger partial charge < -0.3 is 19.5 Å². The van der Waals surface area contributed by atoms with Gasteiger partial charge in [-0.3, -0.25) is 9.59 Å². The molecule has 0 atom stereocenters. The van der Waals surface area contributed by atoms with Gasteiger partial charge in [-0.25, -0.2) is 4.98 Å². The number of imidazole rings is 1. The van der Waals surface area contributed by atoms with Crippen LogP contribution in [0.1, 0.15) is 31.3 Å². The summed E-state index contributed by atoms with van der Waals surface area (Å²) in [5, 5.41) is 0. The first-order valence-electron chi connectivity index (χ1n) is 8.12. The van der Waals surface area contributed by atoms with Crippen LogP contribution in [-0.4, -0.2) is 64.9 Å². The third-order valence-corrected chi connectivity index (χ3v) is 4.15. The molecule has 1 aromatic rings. The lowest BCUT2D eigenvalue weighted by Crippen LogP contribution is -2.44. The van der Waals surface area contributed by atoms with Gasteiger partial charge in [-0.05, 0) is 26.7 Å². The molecule has 2 amide bonds. The second-order valence-corrected chi connectivity index (χ2v) is 6.00. The van der Waals surface area contributed by atoms with E-state index in [0.29, 0.717) is 39.1 Å². The lowest BCUT2D eigenvalue weighted by atomic mass is 9.95. The maximum atomic E-state index is 12.5. The van der Waals surface area contributed by atoms with E-state index in [-0.39, 0.29) is 24.3 Å². The van der Waals surface area contributed by atoms with Crippen LogP contribution in [0.5, 0.6) is 0 Å². The van der Waals surface area contributed by atoms with E-state index >= 15 is 0 Å². The highest BCUT2D eigenvalue weighted by Crippen LogP contribution is 2.20. The summed E-state index contributed by atoms with van der Waals surface area (Å²) < 4.78 is 5.15. The van der Waals surface area contributed by atoms with E-state index < -0.39 is 0 Å². The number of piperidine rings is 1. The van der Waals surface area contributed by atoms with Gasteiger partial charge in [-0.2, -0.15) is 0 Å². The van der Waals surface area contributed by atoms with Crippen LogP contribution in [0, 0.1) is 12.8 Å². The predicted octanol–water partition coefficient (Wildman–Crippen LogP) is 0.952. The van der Waals surface area contributed by atoms with Crippen molar-refractivity contribution in [1.29, 1.82) is 0 Å². The maximum absolute atomic E-state index is 12.5. The number of aryl methyl sites for hydroxylation is 1. The smallest absolute Gasteiger partial charge is 0.248 e. The van der Waals surface area contributed by atoms with E-state index in [9.17, 15) is 9.59 Å². The lowest BCUT2D eigenvalue weighted by Gasteiger charge is -2.33. The van der Waals surface area contributed by atoms with Crippen molar-refractivity contribution in [3.05, 3.63) is 17.7 Å². The normalized spacial score (nSPS) is 15.7. The number of carbonyl (C=O) groups excluding carboxylic acids is 2. The molecule has 7 heteroatoms. The molecule has 23 heavy (non-hydrogen) atoms. The molecule has 0 unspecified atom stereocenters. The average Bonchev–Trinajstić information content (AvgIpc) is 2.96. The van der Waals surface area contributed by atoms with Gasteiger partial charge in [0.15, 0.2) is 0 Å². The SMILES string of the molecule is CCOCC(=O)N1CCC(C(=O)N(C)Cc2ncc(C)[nH]2)CC1. The monoisotopic (exact) mass is 322 g/mol. The Morgan fingerprint density at radius 1 is 1.43 bits per heavy atom. The fourth-order valence-electron chi connectivity index (χ4n) is 2.82. The van der Waals surface area contributed by atoms with Crippen LogP contribution in [-0.2, 0) is 20.9 Å². The summed E-state index contributed by atoms with van der Waals surface area (Å²) in [5.74, 6) is 0.906. The van der Waals surface area contributed by atoms with Crippen molar-refractivity contribution in [2.45, 2.75) is 33.2 Å². The zero-order valence-electron chi connectivity index (χ0n) is 14.2. The minimum atomic E-state index is -0.0211. The molecular weight excluding hydrogens is 296 g/mol. The van der Waals surface area contributed by atoms with Crippen LogP contribution >= 0.6 is 0 Å². The van der Waals surface area contributed by atoms with Crippen molar-refractivity contribution in [2.24, 2.45) is 5.92 Å². The topological polar surface area (TPSA) is 78.5 Å². The Balaban J connectivity index is 1.79. The largest absolute Gasteiger partial charge is 0.372 e. The van der Waals surface area contributed by atoms with Crippen LogP contribution in [0.15, 0.2) is 6.20 Å². The summed E-state index contributed by atoms with van der Waals surface area (Å²) in [4.78, 5) is 35.3. The van der Waals surface area contributed by atoms with Crippen LogP contribution in [0.4, 0.5) is 0 Å². The molecule has 0 aliphatic carbocycles. The lowest BCUT2D eigenvalue weighted by molar-refractivity contribution is -0.142. The Morgan fingerprint density at radius 3 is 2.70 bits per heavy atom. The molecule has 1 aromatic heterocycles. The van der Waals surface area contributed by atoms with Gasteiger partial charge in [0.1, 0.15) is 12.4 Å². The first-order chi connectivity index (χ1) is 11.0. The Bertz CT molecular complexity index is 535. The number of ether oxygens (including phenoxy) is 1. The third kappa shape index (κ3) is 4.79. The van der Waals surface area contributed by atoms with E-state index in [1.165, 1.54) is 0 Å². The molecule has 128 valence electrons. The number of rotatable bonds is 6. The Kier molecular flexibility index (Phi) is 6.15. The van der Waals surface area contributed by atoms with Crippen molar-refractivity contribution < 1.29 is 14.3 Å². The van der Waals surface area contributed by atoms with E-state index in [0.717, 1.165) is 11.5 Å². The first-order valence-corrected chi connectivity index (χ1v) is 8.12. The quantitative estimate of drug-likeness (QED) is 0.846. The van der Waals surface area contributed by atoms with Gasteiger partial charge in [-0.1, -0.05) is 0 Å². The van der Waals surface area contributed by atoms with E-state index in [2.05, 4.69) is 9.97 Å². The van der Waals surface area contributed by atoms with Crippen LogP contribution in [0.25, 0.3) is 0 Å². The Morgan fingerprint density at radius 2 is 2.13 bits per heavy atom. The molecular formula is C16H26N4O3. The number of hydrogen-bond donors (Lipinski definition) is 1. The Hall–Kier alpha value is -1.89. The summed E-state index contributed by atoms with van der Waals surface area (Å²) >= 11 is 0. The molecule has 7 nitrogen and oxygen atoms in total. The molecule has 1 fully saturated rings. The van der Waals surface area contributed by atoms with Crippen molar-refractivity contribution in [2.75, 3.05) is 33.4 Å². The summed E-state index contributed by atoms with van der Waals surface area (Å²) in [6.07, 6.45) is 3.17. The second kappa shape index (κ2) is 8.10. The summed E-state index contributed by atoms with van der Waals surface area (Å²) in [7, 11) is 1.80. The van der Waals surface area contributed by atoms with Gasteiger partial charge >= 0.3 is 0 Å². The minimum Gasteiger partial charge on any atom is -0.372 e. The number of carbonyl (C=O) groups is 2. The fourth-order valence-corrected chi connectivity index (χ4v) is 2.82. The standard InChI is InChI=1S/C16H26N4O3/c1-4-23-11-15(21)20-7-5-13(6-8-20)16(22)19(3)10-14-17-9-12(2)18-14/h9,13H,4-8,10-11H2,1-3H3,(H,17,18). The molecule has 2 heterocycles. The highest BCUT2D eigenvalue weighted by Gasteiger charge is 2.29. The van der Waals surface area contributed by atoms with Gasteiger partial charge in [0.2, 0.25) is 11.8 Å². The van der Waals surface area contributed by atoms with E-state index in [4.69, 9.17) is 4.74 Å². The molecule has 2 rings (SSSR count). The summed E-state index contributed by atoms with van der Waals surface area (Å²) in [6, 6.07) is 0.